The molecule has 22 heavy (non-hydrogen) atoms. The molecule has 1 aliphatic carbocycles. The molecule has 5 nitrogen and oxygen atoms in total. The summed E-state index contributed by atoms with van der Waals surface area (Å²) in [5, 5.41) is 14.4. The number of rotatable bonds is 4. The molecule has 1 fully saturated rings. The van der Waals surface area contributed by atoms with Gasteiger partial charge in [0, 0.05) is 11.3 Å². The summed E-state index contributed by atoms with van der Waals surface area (Å²) in [7, 11) is 0. The lowest BCUT2D eigenvalue weighted by Gasteiger charge is -2.20. The van der Waals surface area contributed by atoms with Crippen LogP contribution in [0, 0.1) is 0 Å². The van der Waals surface area contributed by atoms with E-state index in [2.05, 4.69) is 27.5 Å². The van der Waals surface area contributed by atoms with Gasteiger partial charge in [-0.05, 0) is 30.7 Å². The van der Waals surface area contributed by atoms with E-state index >= 15 is 0 Å². The predicted molar refractivity (Wildman–Crippen MR) is 79.0 cm³/mol. The van der Waals surface area contributed by atoms with Crippen LogP contribution in [0.25, 0.3) is 5.65 Å². The largest absolute Gasteiger partial charge is 0.453 e. The van der Waals surface area contributed by atoms with Crippen LogP contribution < -0.4 is 5.32 Å². The fourth-order valence-corrected chi connectivity index (χ4v) is 3.94. The summed E-state index contributed by atoms with van der Waals surface area (Å²) in [6.45, 7) is 2.11. The molecule has 1 N–H and O–H groups in total. The molecule has 2 atom stereocenters. The van der Waals surface area contributed by atoms with Gasteiger partial charge in [0.15, 0.2) is 5.65 Å². The van der Waals surface area contributed by atoms with Crippen molar-refractivity contribution < 1.29 is 13.2 Å². The van der Waals surface area contributed by atoms with Crippen LogP contribution in [-0.2, 0) is 6.18 Å². The number of thioether (sulfide) groups is 1. The minimum absolute atomic E-state index is 0.0868. The average Bonchev–Trinajstić information content (AvgIpc) is 3.05. The number of hydrogen-bond acceptors (Lipinski definition) is 5. The maximum atomic E-state index is 12.9. The lowest BCUT2D eigenvalue weighted by Crippen LogP contribution is -2.27. The molecule has 0 saturated heterocycles. The van der Waals surface area contributed by atoms with Gasteiger partial charge in [-0.3, -0.25) is 0 Å². The predicted octanol–water partition coefficient (Wildman–Crippen LogP) is 3.23. The van der Waals surface area contributed by atoms with E-state index < -0.39 is 12.0 Å². The van der Waals surface area contributed by atoms with Crippen molar-refractivity contribution in [3.63, 3.8) is 0 Å². The summed E-state index contributed by atoms with van der Waals surface area (Å²) in [5.41, 5.74) is 0.0868. The molecular weight excluding hydrogens is 315 g/mol. The summed E-state index contributed by atoms with van der Waals surface area (Å²) in [6, 6.07) is 3.38. The minimum Gasteiger partial charge on any atom is -0.365 e. The zero-order valence-electron chi connectivity index (χ0n) is 12.0. The van der Waals surface area contributed by atoms with Gasteiger partial charge in [-0.15, -0.1) is 15.3 Å². The maximum Gasteiger partial charge on any atom is 0.453 e. The quantitative estimate of drug-likeness (QED) is 0.932. The van der Waals surface area contributed by atoms with Gasteiger partial charge in [0.05, 0.1) is 0 Å². The molecule has 2 aromatic heterocycles. The third-order valence-corrected chi connectivity index (χ3v) is 5.01. The summed E-state index contributed by atoms with van der Waals surface area (Å²) in [6.07, 6.45) is -1.32. The number of alkyl halides is 3. The number of nitrogens with zero attached hydrogens (tertiary/aromatic N) is 4. The Morgan fingerprint density at radius 1 is 1.32 bits per heavy atom. The smallest absolute Gasteiger partial charge is 0.365 e. The zero-order valence-corrected chi connectivity index (χ0v) is 12.8. The van der Waals surface area contributed by atoms with Crippen LogP contribution in [0.5, 0.6) is 0 Å². The van der Waals surface area contributed by atoms with Crippen LogP contribution in [0.3, 0.4) is 0 Å². The van der Waals surface area contributed by atoms with E-state index in [1.165, 1.54) is 6.07 Å². The highest BCUT2D eigenvalue weighted by atomic mass is 32.2. The van der Waals surface area contributed by atoms with Crippen molar-refractivity contribution in [3.05, 3.63) is 18.0 Å². The highest BCUT2D eigenvalue weighted by molar-refractivity contribution is 7.99. The fourth-order valence-electron chi connectivity index (χ4n) is 2.74. The Morgan fingerprint density at radius 3 is 2.86 bits per heavy atom. The van der Waals surface area contributed by atoms with E-state index in [9.17, 15) is 13.2 Å². The van der Waals surface area contributed by atoms with Gasteiger partial charge in [-0.25, -0.2) is 0 Å². The molecule has 0 aliphatic heterocycles. The zero-order chi connectivity index (χ0) is 15.7. The first-order valence-corrected chi connectivity index (χ1v) is 8.21. The van der Waals surface area contributed by atoms with Crippen LogP contribution in [-0.4, -0.2) is 36.9 Å². The Labute approximate surface area is 129 Å². The lowest BCUT2D eigenvalue weighted by atomic mass is 10.2. The Hall–Kier alpha value is -1.51. The topological polar surface area (TPSA) is 55.1 Å². The molecule has 0 aromatic carbocycles. The summed E-state index contributed by atoms with van der Waals surface area (Å²) < 4.78 is 39.3. The fraction of sp³-hybridized carbons (Fsp3) is 0.615. The SMILES string of the molecule is CCSC1CCCC1Nc1ccc2nnc(C(F)(F)F)n2n1. The monoisotopic (exact) mass is 331 g/mol. The molecule has 2 unspecified atom stereocenters. The van der Waals surface area contributed by atoms with Gasteiger partial charge in [-0.1, -0.05) is 13.3 Å². The molecule has 1 saturated carbocycles. The standard InChI is InChI=1S/C13H16F3N5S/c1-2-22-9-5-3-4-8(9)17-10-6-7-11-18-19-12(13(14,15)16)21(11)20-10/h6-9H,2-5H2,1H3,(H,17,20). The number of aromatic nitrogens is 4. The summed E-state index contributed by atoms with van der Waals surface area (Å²) in [5.74, 6) is 0.349. The van der Waals surface area contributed by atoms with Gasteiger partial charge in [-0.2, -0.15) is 29.4 Å². The first-order chi connectivity index (χ1) is 10.5. The average molecular weight is 331 g/mol. The van der Waals surface area contributed by atoms with Gasteiger partial charge in [0.25, 0.3) is 5.82 Å². The van der Waals surface area contributed by atoms with Crippen molar-refractivity contribution in [2.45, 2.75) is 43.7 Å². The third kappa shape index (κ3) is 2.99. The van der Waals surface area contributed by atoms with Crippen LogP contribution >= 0.6 is 11.8 Å². The molecule has 0 spiro atoms. The Kier molecular flexibility index (Phi) is 4.16. The highest BCUT2D eigenvalue weighted by Gasteiger charge is 2.37. The van der Waals surface area contributed by atoms with Crippen LogP contribution in [0.1, 0.15) is 32.0 Å². The third-order valence-electron chi connectivity index (χ3n) is 3.68. The summed E-state index contributed by atoms with van der Waals surface area (Å²) >= 11 is 1.88. The van der Waals surface area contributed by atoms with Gasteiger partial charge in [0.2, 0.25) is 0 Å². The molecule has 3 rings (SSSR count). The van der Waals surface area contributed by atoms with E-state index in [1.54, 1.807) is 6.07 Å². The van der Waals surface area contributed by atoms with Crippen LogP contribution in [0.2, 0.25) is 0 Å². The van der Waals surface area contributed by atoms with Crippen molar-refractivity contribution in [3.8, 4) is 0 Å². The van der Waals surface area contributed by atoms with E-state index in [1.807, 2.05) is 11.8 Å². The van der Waals surface area contributed by atoms with E-state index in [0.717, 1.165) is 29.5 Å². The number of hydrogen-bond donors (Lipinski definition) is 1. The normalized spacial score (nSPS) is 22.4. The Bertz CT molecular complexity index is 657. The molecule has 9 heteroatoms. The number of nitrogens with one attached hydrogen (secondary N) is 1. The second-order valence-electron chi connectivity index (χ2n) is 5.19. The van der Waals surface area contributed by atoms with Crippen molar-refractivity contribution in [2.75, 3.05) is 11.1 Å². The Balaban J connectivity index is 1.85. The number of anilines is 1. The van der Waals surface area contributed by atoms with E-state index in [-0.39, 0.29) is 11.7 Å². The second-order valence-corrected chi connectivity index (χ2v) is 6.70. The highest BCUT2D eigenvalue weighted by Crippen LogP contribution is 2.32. The molecule has 0 bridgehead atoms. The molecule has 2 aromatic rings. The van der Waals surface area contributed by atoms with Crippen LogP contribution in [0.15, 0.2) is 12.1 Å². The van der Waals surface area contributed by atoms with Crippen molar-refractivity contribution >= 4 is 23.2 Å². The lowest BCUT2D eigenvalue weighted by molar-refractivity contribution is -0.146. The number of halogens is 3. The van der Waals surface area contributed by atoms with E-state index in [4.69, 9.17) is 0 Å². The minimum atomic E-state index is -4.57. The first kappa shape index (κ1) is 15.4. The van der Waals surface area contributed by atoms with Crippen LogP contribution in [0.4, 0.5) is 19.0 Å². The molecular formula is C13H16F3N5S. The number of fused-ring (bicyclic) bond motifs is 1. The molecule has 2 heterocycles. The van der Waals surface area contributed by atoms with Gasteiger partial charge < -0.3 is 5.32 Å². The Morgan fingerprint density at radius 2 is 2.14 bits per heavy atom. The molecule has 0 radical (unpaired) electrons. The van der Waals surface area contributed by atoms with E-state index in [0.29, 0.717) is 11.1 Å². The second kappa shape index (κ2) is 5.94. The summed E-state index contributed by atoms with van der Waals surface area (Å²) in [4.78, 5) is 0. The molecule has 1 aliphatic rings. The molecule has 120 valence electrons. The maximum absolute atomic E-state index is 12.9. The van der Waals surface area contributed by atoms with Crippen molar-refractivity contribution in [1.29, 1.82) is 0 Å². The van der Waals surface area contributed by atoms with Gasteiger partial charge in [0.1, 0.15) is 5.82 Å². The van der Waals surface area contributed by atoms with Gasteiger partial charge >= 0.3 is 6.18 Å². The molecule has 0 amide bonds. The van der Waals surface area contributed by atoms with Crippen molar-refractivity contribution in [2.24, 2.45) is 0 Å². The van der Waals surface area contributed by atoms with Crippen molar-refractivity contribution in [1.82, 2.24) is 19.8 Å². The first-order valence-electron chi connectivity index (χ1n) is 7.17.